The first-order valence-corrected chi connectivity index (χ1v) is 4.59. The van der Waals surface area contributed by atoms with Crippen molar-refractivity contribution in [2.24, 2.45) is 0 Å². The Morgan fingerprint density at radius 1 is 1.00 bits per heavy atom. The highest BCUT2D eigenvalue weighted by molar-refractivity contribution is 5.56. The maximum Gasteiger partial charge on any atom is 0.416 e. The largest absolute Gasteiger partial charge is 0.416 e. The number of aryl methyl sites for hydroxylation is 2. The lowest BCUT2D eigenvalue weighted by molar-refractivity contribution is -0.138. The molecule has 15 heavy (non-hydrogen) atoms. The van der Waals surface area contributed by atoms with Gasteiger partial charge in [-0.15, -0.1) is 0 Å². The highest BCUT2D eigenvalue weighted by atomic mass is 19.4. The van der Waals surface area contributed by atoms with Crippen LogP contribution in [0.4, 0.5) is 18.9 Å². The van der Waals surface area contributed by atoms with Crippen LogP contribution in [-0.2, 0) is 6.18 Å². The summed E-state index contributed by atoms with van der Waals surface area (Å²) in [6.45, 7) is 3.17. The molecule has 0 aliphatic heterocycles. The average Bonchev–Trinajstić information content (AvgIpc) is 2.06. The molecule has 0 amide bonds. The first-order valence-electron chi connectivity index (χ1n) is 4.59. The summed E-state index contributed by atoms with van der Waals surface area (Å²) >= 11 is 0. The standard InChI is InChI=1S/C11H14F3N/c1-7-6-10(15(3)4)8(2)5-9(7)11(12,13)14/h5-6H,1-4H3. The third-order valence-corrected chi connectivity index (χ3v) is 2.33. The Morgan fingerprint density at radius 2 is 1.53 bits per heavy atom. The van der Waals surface area contributed by atoms with Crippen LogP contribution >= 0.6 is 0 Å². The Bertz CT molecular complexity index is 367. The molecule has 0 aromatic heterocycles. The van der Waals surface area contributed by atoms with E-state index in [1.807, 2.05) is 19.0 Å². The minimum absolute atomic E-state index is 0.261. The summed E-state index contributed by atoms with van der Waals surface area (Å²) in [7, 11) is 3.63. The van der Waals surface area contributed by atoms with Crippen LogP contribution in [0, 0.1) is 13.8 Å². The molecule has 0 saturated carbocycles. The summed E-state index contributed by atoms with van der Waals surface area (Å²) in [5.74, 6) is 0. The number of nitrogens with zero attached hydrogens (tertiary/aromatic N) is 1. The number of rotatable bonds is 1. The fourth-order valence-electron chi connectivity index (χ4n) is 1.59. The maximum atomic E-state index is 12.5. The van der Waals surface area contributed by atoms with Crippen LogP contribution in [0.25, 0.3) is 0 Å². The lowest BCUT2D eigenvalue weighted by Crippen LogP contribution is -2.13. The van der Waals surface area contributed by atoms with Gasteiger partial charge in [-0.2, -0.15) is 13.2 Å². The van der Waals surface area contributed by atoms with E-state index in [1.54, 1.807) is 13.0 Å². The Labute approximate surface area is 87.5 Å². The van der Waals surface area contributed by atoms with E-state index in [2.05, 4.69) is 0 Å². The molecule has 1 nitrogen and oxygen atoms in total. The van der Waals surface area contributed by atoms with E-state index in [9.17, 15) is 13.2 Å². The number of halogens is 3. The highest BCUT2D eigenvalue weighted by Crippen LogP contribution is 2.35. The molecule has 0 radical (unpaired) electrons. The molecule has 1 aromatic rings. The molecule has 1 aromatic carbocycles. The maximum absolute atomic E-state index is 12.5. The third kappa shape index (κ3) is 2.43. The highest BCUT2D eigenvalue weighted by Gasteiger charge is 2.32. The number of hydrogen-bond acceptors (Lipinski definition) is 1. The van der Waals surface area contributed by atoms with Crippen LogP contribution in [0.15, 0.2) is 12.1 Å². The zero-order valence-corrected chi connectivity index (χ0v) is 9.24. The van der Waals surface area contributed by atoms with E-state index in [1.165, 1.54) is 13.0 Å². The van der Waals surface area contributed by atoms with Gasteiger partial charge < -0.3 is 4.90 Å². The molecule has 0 aliphatic carbocycles. The van der Waals surface area contributed by atoms with Gasteiger partial charge in [0.15, 0.2) is 0 Å². The molecule has 0 N–H and O–H groups in total. The van der Waals surface area contributed by atoms with Gasteiger partial charge in [0.25, 0.3) is 0 Å². The van der Waals surface area contributed by atoms with Crippen molar-refractivity contribution in [3.63, 3.8) is 0 Å². The second-order valence-corrected chi connectivity index (χ2v) is 3.85. The van der Waals surface area contributed by atoms with Crippen molar-refractivity contribution in [1.82, 2.24) is 0 Å². The molecule has 0 unspecified atom stereocenters. The lowest BCUT2D eigenvalue weighted by atomic mass is 10.0. The van der Waals surface area contributed by atoms with Crippen molar-refractivity contribution in [2.45, 2.75) is 20.0 Å². The molecule has 0 bridgehead atoms. The van der Waals surface area contributed by atoms with Crippen LogP contribution in [0.3, 0.4) is 0 Å². The summed E-state index contributed by atoms with van der Waals surface area (Å²) < 4.78 is 37.6. The van der Waals surface area contributed by atoms with Crippen LogP contribution < -0.4 is 4.90 Å². The monoisotopic (exact) mass is 217 g/mol. The Kier molecular flexibility index (Phi) is 2.98. The third-order valence-electron chi connectivity index (χ3n) is 2.33. The number of hydrogen-bond donors (Lipinski definition) is 0. The van der Waals surface area contributed by atoms with Gasteiger partial charge in [-0.3, -0.25) is 0 Å². The first-order chi connectivity index (χ1) is 6.73. The van der Waals surface area contributed by atoms with Crippen LogP contribution in [-0.4, -0.2) is 14.1 Å². The minimum atomic E-state index is -4.26. The molecule has 84 valence electrons. The lowest BCUT2D eigenvalue weighted by Gasteiger charge is -2.19. The van der Waals surface area contributed by atoms with E-state index < -0.39 is 11.7 Å². The van der Waals surface area contributed by atoms with Crippen LogP contribution in [0.5, 0.6) is 0 Å². The van der Waals surface area contributed by atoms with Gasteiger partial charge in [0, 0.05) is 19.8 Å². The van der Waals surface area contributed by atoms with Gasteiger partial charge in [-0.25, -0.2) is 0 Å². The van der Waals surface area contributed by atoms with Crippen molar-refractivity contribution in [2.75, 3.05) is 19.0 Å². The summed E-state index contributed by atoms with van der Waals surface area (Å²) in [6, 6.07) is 2.77. The van der Waals surface area contributed by atoms with Crippen molar-refractivity contribution in [1.29, 1.82) is 0 Å². The van der Waals surface area contributed by atoms with Crippen molar-refractivity contribution >= 4 is 5.69 Å². The zero-order valence-electron chi connectivity index (χ0n) is 9.24. The first kappa shape index (κ1) is 11.9. The zero-order chi connectivity index (χ0) is 11.8. The summed E-state index contributed by atoms with van der Waals surface area (Å²) in [5.41, 5.74) is 1.17. The van der Waals surface area contributed by atoms with Crippen LogP contribution in [0.2, 0.25) is 0 Å². The molecule has 4 heteroatoms. The van der Waals surface area contributed by atoms with E-state index in [0.717, 1.165) is 5.69 Å². The summed E-state index contributed by atoms with van der Waals surface area (Å²) in [5, 5.41) is 0. The second kappa shape index (κ2) is 3.76. The smallest absolute Gasteiger partial charge is 0.377 e. The molecule has 0 aliphatic rings. The second-order valence-electron chi connectivity index (χ2n) is 3.85. The minimum Gasteiger partial charge on any atom is -0.377 e. The Morgan fingerprint density at radius 3 is 1.93 bits per heavy atom. The van der Waals surface area contributed by atoms with E-state index >= 15 is 0 Å². The van der Waals surface area contributed by atoms with Crippen molar-refractivity contribution in [3.8, 4) is 0 Å². The molecule has 0 saturated heterocycles. The predicted molar refractivity (Wildman–Crippen MR) is 55.2 cm³/mol. The average molecular weight is 217 g/mol. The normalized spacial score (nSPS) is 11.7. The van der Waals surface area contributed by atoms with Gasteiger partial charge >= 0.3 is 6.18 Å². The molecule has 0 heterocycles. The van der Waals surface area contributed by atoms with E-state index in [0.29, 0.717) is 5.56 Å². The van der Waals surface area contributed by atoms with Gasteiger partial charge in [-0.05, 0) is 37.1 Å². The van der Waals surface area contributed by atoms with Crippen LogP contribution in [0.1, 0.15) is 16.7 Å². The summed E-state index contributed by atoms with van der Waals surface area (Å²) in [4.78, 5) is 1.81. The van der Waals surface area contributed by atoms with E-state index in [-0.39, 0.29) is 5.56 Å². The molecular weight excluding hydrogens is 203 g/mol. The number of alkyl halides is 3. The number of benzene rings is 1. The number of anilines is 1. The Balaban J connectivity index is 3.32. The predicted octanol–water partition coefficient (Wildman–Crippen LogP) is 3.39. The van der Waals surface area contributed by atoms with E-state index in [4.69, 9.17) is 0 Å². The SMILES string of the molecule is Cc1cc(C(F)(F)F)c(C)cc1N(C)C. The van der Waals surface area contributed by atoms with Gasteiger partial charge in [0.2, 0.25) is 0 Å². The molecule has 0 fully saturated rings. The fourth-order valence-corrected chi connectivity index (χ4v) is 1.59. The fraction of sp³-hybridized carbons (Fsp3) is 0.455. The van der Waals surface area contributed by atoms with Gasteiger partial charge in [0.1, 0.15) is 0 Å². The van der Waals surface area contributed by atoms with Crippen molar-refractivity contribution < 1.29 is 13.2 Å². The molecule has 1 rings (SSSR count). The quantitative estimate of drug-likeness (QED) is 0.697. The molecule has 0 spiro atoms. The Hall–Kier alpha value is -1.19. The van der Waals surface area contributed by atoms with Gasteiger partial charge in [0.05, 0.1) is 5.56 Å². The molecule has 0 atom stereocenters. The van der Waals surface area contributed by atoms with Crippen molar-refractivity contribution in [3.05, 3.63) is 28.8 Å². The molecular formula is C11H14F3N. The van der Waals surface area contributed by atoms with Gasteiger partial charge in [-0.1, -0.05) is 0 Å². The summed E-state index contributed by atoms with van der Waals surface area (Å²) in [6.07, 6.45) is -4.26. The topological polar surface area (TPSA) is 3.24 Å².